The predicted octanol–water partition coefficient (Wildman–Crippen LogP) is 1.89. The maximum absolute atomic E-state index is 12.9. The molecular weight excluding hydrogens is 434 g/mol. The molecule has 180 valence electrons. The summed E-state index contributed by atoms with van der Waals surface area (Å²) in [5.74, 6) is -0.0243. The van der Waals surface area contributed by atoms with Gasteiger partial charge in [-0.2, -0.15) is 0 Å². The molecule has 0 saturated carbocycles. The highest BCUT2D eigenvalue weighted by molar-refractivity contribution is 5.96. The van der Waals surface area contributed by atoms with Crippen LogP contribution >= 0.6 is 0 Å². The minimum atomic E-state index is -0.294. The molecule has 9 heteroatoms. The number of piperidine rings is 1. The molecule has 2 fully saturated rings. The summed E-state index contributed by atoms with van der Waals surface area (Å²) in [4.78, 5) is 33.5. The van der Waals surface area contributed by atoms with Crippen molar-refractivity contribution in [2.24, 2.45) is 0 Å². The molecule has 2 N–H and O–H groups in total. The number of para-hydroxylation sites is 1. The minimum Gasteiger partial charge on any atom is -0.630 e. The average Bonchev–Trinajstić information content (AvgIpc) is 2.88. The van der Waals surface area contributed by atoms with Crippen molar-refractivity contribution in [1.82, 2.24) is 9.80 Å². The molecule has 2 aromatic carbocycles. The fraction of sp³-hybridized carbons (Fsp3) is 0.440. The second kappa shape index (κ2) is 9.61. The summed E-state index contributed by atoms with van der Waals surface area (Å²) in [5.41, 5.74) is 4.70. The number of amides is 2. The number of nitrogens with two attached hydrogens (primary N) is 1. The first-order chi connectivity index (χ1) is 16.5. The smallest absolute Gasteiger partial charge is 0.414 e. The lowest BCUT2D eigenvalue weighted by Crippen LogP contribution is -2.70. The van der Waals surface area contributed by atoms with Gasteiger partial charge in [0.05, 0.1) is 11.4 Å². The summed E-state index contributed by atoms with van der Waals surface area (Å²) >= 11 is 0. The SMILES string of the molecule is CN1CCN(C(=O)c2ccc(N3CCC(N4C(=O)OCc5ccccc54)CC3)c([NH2+][O-])c2)CC1. The highest BCUT2D eigenvalue weighted by Gasteiger charge is 2.34. The van der Waals surface area contributed by atoms with Crippen LogP contribution in [0.25, 0.3) is 0 Å². The Hall–Kier alpha value is -3.14. The molecule has 2 amide bonds. The number of rotatable bonds is 4. The molecule has 0 spiro atoms. The number of carbonyl (C=O) groups is 2. The number of likely N-dealkylation sites (N-methyl/N-ethyl adjacent to an activating group) is 1. The van der Waals surface area contributed by atoms with E-state index in [0.717, 1.165) is 48.3 Å². The van der Waals surface area contributed by atoms with E-state index in [1.54, 1.807) is 11.0 Å². The van der Waals surface area contributed by atoms with Crippen molar-refractivity contribution in [2.45, 2.75) is 25.5 Å². The van der Waals surface area contributed by atoms with E-state index in [4.69, 9.17) is 4.74 Å². The standard InChI is InChI=1S/C25H31N5O4/c1-27-12-14-29(15-13-27)24(31)18-6-7-23(21(16-18)26-33)28-10-8-20(9-11-28)30-22-5-3-2-4-19(22)17-34-25(30)32/h2-7,16,20H,8-15,17,26H2,1H3. The summed E-state index contributed by atoms with van der Waals surface area (Å²) in [7, 11) is 2.05. The fourth-order valence-electron chi connectivity index (χ4n) is 5.15. The van der Waals surface area contributed by atoms with E-state index >= 15 is 0 Å². The molecule has 2 aromatic rings. The third-order valence-electron chi connectivity index (χ3n) is 7.16. The molecule has 34 heavy (non-hydrogen) atoms. The molecule has 3 heterocycles. The van der Waals surface area contributed by atoms with Gasteiger partial charge in [0.2, 0.25) is 0 Å². The third-order valence-corrected chi connectivity index (χ3v) is 7.16. The monoisotopic (exact) mass is 465 g/mol. The molecular formula is C25H31N5O4. The molecule has 3 aliphatic rings. The van der Waals surface area contributed by atoms with E-state index in [-0.39, 0.29) is 18.0 Å². The van der Waals surface area contributed by atoms with Crippen LogP contribution < -0.4 is 15.3 Å². The van der Waals surface area contributed by atoms with Gasteiger partial charge in [0.25, 0.3) is 5.91 Å². The Morgan fingerprint density at radius 1 is 1.00 bits per heavy atom. The summed E-state index contributed by atoms with van der Waals surface area (Å²) in [6, 6.07) is 13.3. The Morgan fingerprint density at radius 3 is 2.47 bits per heavy atom. The number of anilines is 2. The van der Waals surface area contributed by atoms with E-state index in [0.29, 0.717) is 44.0 Å². The third kappa shape index (κ3) is 4.34. The number of benzene rings is 2. The molecule has 5 rings (SSSR count). The van der Waals surface area contributed by atoms with E-state index in [9.17, 15) is 14.8 Å². The van der Waals surface area contributed by atoms with Crippen molar-refractivity contribution < 1.29 is 19.8 Å². The van der Waals surface area contributed by atoms with Gasteiger partial charge >= 0.3 is 6.09 Å². The van der Waals surface area contributed by atoms with Crippen molar-refractivity contribution in [3.63, 3.8) is 0 Å². The lowest BCUT2D eigenvalue weighted by molar-refractivity contribution is -0.496. The molecule has 3 aliphatic heterocycles. The Labute approximate surface area is 199 Å². The second-order valence-electron chi connectivity index (χ2n) is 9.26. The van der Waals surface area contributed by atoms with Crippen LogP contribution in [0.1, 0.15) is 28.8 Å². The van der Waals surface area contributed by atoms with Crippen LogP contribution in [-0.4, -0.2) is 74.2 Å². The summed E-state index contributed by atoms with van der Waals surface area (Å²) in [5, 5.41) is 11.9. The van der Waals surface area contributed by atoms with E-state index in [2.05, 4.69) is 16.8 Å². The zero-order valence-corrected chi connectivity index (χ0v) is 19.5. The van der Waals surface area contributed by atoms with Gasteiger partial charge in [0, 0.05) is 62.5 Å². The van der Waals surface area contributed by atoms with Gasteiger partial charge in [-0.1, -0.05) is 18.2 Å². The maximum Gasteiger partial charge on any atom is 0.414 e. The zero-order chi connectivity index (χ0) is 23.7. The van der Waals surface area contributed by atoms with Crippen molar-refractivity contribution in [2.75, 3.05) is 56.1 Å². The number of piperazine rings is 1. The second-order valence-corrected chi connectivity index (χ2v) is 9.26. The van der Waals surface area contributed by atoms with Gasteiger partial charge in [-0.25, -0.2) is 4.79 Å². The number of nitrogens with zero attached hydrogens (tertiary/aromatic N) is 4. The number of hydrogen-bond donors (Lipinski definition) is 1. The van der Waals surface area contributed by atoms with Crippen LogP contribution in [-0.2, 0) is 11.3 Å². The first-order valence-electron chi connectivity index (χ1n) is 11.9. The topological polar surface area (TPSA) is 96.0 Å². The number of fused-ring (bicyclic) bond motifs is 1. The Morgan fingerprint density at radius 2 is 1.74 bits per heavy atom. The number of cyclic esters (lactones) is 1. The molecule has 2 saturated heterocycles. The lowest BCUT2D eigenvalue weighted by atomic mass is 9.99. The van der Waals surface area contributed by atoms with Crippen LogP contribution in [0.15, 0.2) is 42.5 Å². The van der Waals surface area contributed by atoms with E-state index in [1.165, 1.54) is 0 Å². The van der Waals surface area contributed by atoms with Crippen LogP contribution in [0.2, 0.25) is 0 Å². The lowest BCUT2D eigenvalue weighted by Gasteiger charge is -2.41. The number of carbonyl (C=O) groups excluding carboxylic acids is 2. The quantitative estimate of drug-likeness (QED) is 0.547. The largest absolute Gasteiger partial charge is 0.630 e. The van der Waals surface area contributed by atoms with Crippen LogP contribution in [0.4, 0.5) is 21.9 Å². The first kappa shape index (κ1) is 22.6. The van der Waals surface area contributed by atoms with Crippen molar-refractivity contribution in [3.8, 4) is 0 Å². The van der Waals surface area contributed by atoms with Crippen molar-refractivity contribution in [1.29, 1.82) is 0 Å². The van der Waals surface area contributed by atoms with Crippen molar-refractivity contribution >= 4 is 29.1 Å². The van der Waals surface area contributed by atoms with Gasteiger partial charge in [-0.3, -0.25) is 9.69 Å². The highest BCUT2D eigenvalue weighted by atomic mass is 16.6. The Kier molecular flexibility index (Phi) is 6.40. The first-order valence-corrected chi connectivity index (χ1v) is 11.9. The summed E-state index contributed by atoms with van der Waals surface area (Å²) in [6.45, 7) is 4.84. The Bertz CT molecular complexity index is 1060. The number of ether oxygens (including phenoxy) is 1. The fourth-order valence-corrected chi connectivity index (χ4v) is 5.15. The van der Waals surface area contributed by atoms with E-state index in [1.807, 2.05) is 41.3 Å². The molecule has 0 radical (unpaired) electrons. The minimum absolute atomic E-state index is 0.0243. The number of quaternary nitrogens is 1. The van der Waals surface area contributed by atoms with Crippen LogP contribution in [0.5, 0.6) is 0 Å². The Balaban J connectivity index is 1.28. The maximum atomic E-state index is 12.9. The zero-order valence-electron chi connectivity index (χ0n) is 19.5. The molecule has 0 aliphatic carbocycles. The normalized spacial score (nSPS) is 19.7. The van der Waals surface area contributed by atoms with Gasteiger partial charge in [0.15, 0.2) is 5.69 Å². The van der Waals surface area contributed by atoms with Gasteiger partial charge < -0.3 is 30.1 Å². The van der Waals surface area contributed by atoms with Gasteiger partial charge in [0.1, 0.15) is 6.61 Å². The van der Waals surface area contributed by atoms with Gasteiger partial charge in [-0.15, -0.1) is 0 Å². The summed E-state index contributed by atoms with van der Waals surface area (Å²) < 4.78 is 5.40. The predicted molar refractivity (Wildman–Crippen MR) is 129 cm³/mol. The molecule has 0 unspecified atom stereocenters. The van der Waals surface area contributed by atoms with E-state index < -0.39 is 0 Å². The van der Waals surface area contributed by atoms with Gasteiger partial charge in [-0.05, 0) is 38.1 Å². The van der Waals surface area contributed by atoms with Crippen molar-refractivity contribution in [3.05, 3.63) is 58.8 Å². The van der Waals surface area contributed by atoms with Crippen LogP contribution in [0, 0.1) is 5.21 Å². The molecule has 0 aromatic heterocycles. The molecule has 9 nitrogen and oxygen atoms in total. The van der Waals surface area contributed by atoms with Crippen LogP contribution in [0.3, 0.4) is 0 Å². The molecule has 0 bridgehead atoms. The summed E-state index contributed by atoms with van der Waals surface area (Å²) in [6.07, 6.45) is 1.24. The highest BCUT2D eigenvalue weighted by Crippen LogP contribution is 2.34. The number of hydrogen-bond acceptors (Lipinski definition) is 6. The average molecular weight is 466 g/mol. The molecule has 0 atom stereocenters.